The van der Waals surface area contributed by atoms with E-state index in [1.165, 1.54) is 0 Å². The predicted octanol–water partition coefficient (Wildman–Crippen LogP) is 0.895. The van der Waals surface area contributed by atoms with Gasteiger partial charge in [0.2, 0.25) is 0 Å². The van der Waals surface area contributed by atoms with E-state index >= 15 is 0 Å². The molecule has 0 aromatic carbocycles. The molecule has 0 radical (unpaired) electrons. The van der Waals surface area contributed by atoms with Gasteiger partial charge in [0.05, 0.1) is 6.54 Å². The number of nitrogens with one attached hydrogen (secondary N) is 1. The molecule has 14 heavy (non-hydrogen) atoms. The number of hydrogen-bond donors (Lipinski definition) is 1. The number of carbonyl (C=O) groups is 1. The molecule has 82 valence electrons. The molecule has 3 heteroatoms. The standard InChI is InChI=1S/C11H22N2O/c1-9-7-13(6-5-12-9)8-10(14)11(2,3)4/h9,12H,5-8H2,1-4H3/t9-/m1/s1. The average molecular weight is 198 g/mol. The molecule has 0 aliphatic carbocycles. The van der Waals surface area contributed by atoms with Crippen LogP contribution in [0.25, 0.3) is 0 Å². The van der Waals surface area contributed by atoms with Gasteiger partial charge in [-0.05, 0) is 6.92 Å². The van der Waals surface area contributed by atoms with Gasteiger partial charge >= 0.3 is 0 Å². The first-order valence-corrected chi connectivity index (χ1v) is 5.38. The molecule has 3 nitrogen and oxygen atoms in total. The van der Waals surface area contributed by atoms with Gasteiger partial charge in [-0.3, -0.25) is 9.69 Å². The molecule has 1 rings (SSSR count). The lowest BCUT2D eigenvalue weighted by molar-refractivity contribution is -0.127. The van der Waals surface area contributed by atoms with Crippen LogP contribution in [-0.4, -0.2) is 42.9 Å². The van der Waals surface area contributed by atoms with Crippen molar-refractivity contribution >= 4 is 5.78 Å². The normalized spacial score (nSPS) is 25.0. The third-order valence-electron chi connectivity index (χ3n) is 2.66. The Hall–Kier alpha value is -0.410. The molecule has 0 aromatic rings. The minimum atomic E-state index is -0.200. The third-order valence-corrected chi connectivity index (χ3v) is 2.66. The SMILES string of the molecule is C[C@@H]1CN(CC(=O)C(C)(C)C)CCN1. The Balaban J connectivity index is 2.40. The quantitative estimate of drug-likeness (QED) is 0.715. The highest BCUT2D eigenvalue weighted by molar-refractivity contribution is 5.85. The number of Topliss-reactive ketones (excluding diaryl/α,β-unsaturated/α-hetero) is 1. The van der Waals surface area contributed by atoms with Crippen LogP contribution in [0.1, 0.15) is 27.7 Å². The molecular formula is C11H22N2O. The Kier molecular flexibility index (Phi) is 3.67. The number of hydrogen-bond acceptors (Lipinski definition) is 3. The van der Waals surface area contributed by atoms with Crippen LogP contribution >= 0.6 is 0 Å². The van der Waals surface area contributed by atoms with E-state index in [2.05, 4.69) is 17.1 Å². The summed E-state index contributed by atoms with van der Waals surface area (Å²) in [6.07, 6.45) is 0. The summed E-state index contributed by atoms with van der Waals surface area (Å²) in [5.41, 5.74) is -0.200. The van der Waals surface area contributed by atoms with Crippen molar-refractivity contribution in [3.63, 3.8) is 0 Å². The summed E-state index contributed by atoms with van der Waals surface area (Å²) in [6.45, 7) is 11.7. The van der Waals surface area contributed by atoms with Crippen LogP contribution in [0.2, 0.25) is 0 Å². The van der Waals surface area contributed by atoms with Crippen molar-refractivity contribution in [2.45, 2.75) is 33.7 Å². The zero-order valence-electron chi connectivity index (χ0n) is 9.76. The summed E-state index contributed by atoms with van der Waals surface area (Å²) < 4.78 is 0. The Labute approximate surface area is 86.9 Å². The van der Waals surface area contributed by atoms with Crippen LogP contribution in [0.4, 0.5) is 0 Å². The van der Waals surface area contributed by atoms with E-state index in [1.54, 1.807) is 0 Å². The topological polar surface area (TPSA) is 32.3 Å². The summed E-state index contributed by atoms with van der Waals surface area (Å²) >= 11 is 0. The van der Waals surface area contributed by atoms with E-state index in [1.807, 2.05) is 20.8 Å². The maximum atomic E-state index is 11.8. The van der Waals surface area contributed by atoms with Crippen molar-refractivity contribution in [2.75, 3.05) is 26.2 Å². The van der Waals surface area contributed by atoms with Crippen molar-refractivity contribution in [2.24, 2.45) is 5.41 Å². The lowest BCUT2D eigenvalue weighted by Gasteiger charge is -2.32. The smallest absolute Gasteiger partial charge is 0.152 e. The van der Waals surface area contributed by atoms with Gasteiger partial charge in [0, 0.05) is 31.1 Å². The lowest BCUT2D eigenvalue weighted by atomic mass is 9.90. The molecule has 0 unspecified atom stereocenters. The largest absolute Gasteiger partial charge is 0.312 e. The number of piperazine rings is 1. The van der Waals surface area contributed by atoms with Crippen molar-refractivity contribution in [3.8, 4) is 0 Å². The zero-order valence-corrected chi connectivity index (χ0v) is 9.76. The van der Waals surface area contributed by atoms with E-state index < -0.39 is 0 Å². The predicted molar refractivity (Wildman–Crippen MR) is 58.4 cm³/mol. The fourth-order valence-electron chi connectivity index (χ4n) is 1.60. The highest BCUT2D eigenvalue weighted by atomic mass is 16.1. The maximum Gasteiger partial charge on any atom is 0.152 e. The highest BCUT2D eigenvalue weighted by Crippen LogP contribution is 2.15. The van der Waals surface area contributed by atoms with Gasteiger partial charge in [0.1, 0.15) is 0 Å². The van der Waals surface area contributed by atoms with Gasteiger partial charge in [0.15, 0.2) is 5.78 Å². The molecule has 1 aliphatic heterocycles. The monoisotopic (exact) mass is 198 g/mol. The Bertz CT molecular complexity index is 208. The van der Waals surface area contributed by atoms with Crippen LogP contribution < -0.4 is 5.32 Å². The van der Waals surface area contributed by atoms with Crippen LogP contribution in [0.15, 0.2) is 0 Å². The highest BCUT2D eigenvalue weighted by Gasteiger charge is 2.25. The fraction of sp³-hybridized carbons (Fsp3) is 0.909. The number of ketones is 1. The van der Waals surface area contributed by atoms with E-state index in [0.717, 1.165) is 19.6 Å². The van der Waals surface area contributed by atoms with Gasteiger partial charge in [0.25, 0.3) is 0 Å². The second-order valence-electron chi connectivity index (χ2n) is 5.26. The fourth-order valence-corrected chi connectivity index (χ4v) is 1.60. The summed E-state index contributed by atoms with van der Waals surface area (Å²) in [6, 6.07) is 0.511. The first kappa shape index (κ1) is 11.7. The molecule has 1 saturated heterocycles. The van der Waals surface area contributed by atoms with Crippen LogP contribution in [0.5, 0.6) is 0 Å². The van der Waals surface area contributed by atoms with Gasteiger partial charge in [-0.2, -0.15) is 0 Å². The molecule has 1 N–H and O–H groups in total. The molecule has 1 aliphatic rings. The molecule has 0 aromatic heterocycles. The van der Waals surface area contributed by atoms with E-state index in [9.17, 15) is 4.79 Å². The lowest BCUT2D eigenvalue weighted by Crippen LogP contribution is -2.51. The molecule has 1 fully saturated rings. The van der Waals surface area contributed by atoms with Crippen molar-refractivity contribution in [3.05, 3.63) is 0 Å². The van der Waals surface area contributed by atoms with E-state index in [4.69, 9.17) is 0 Å². The van der Waals surface area contributed by atoms with Crippen molar-refractivity contribution in [1.82, 2.24) is 10.2 Å². The molecular weight excluding hydrogens is 176 g/mol. The average Bonchev–Trinajstić information content (AvgIpc) is 2.02. The van der Waals surface area contributed by atoms with Crippen LogP contribution in [-0.2, 0) is 4.79 Å². The van der Waals surface area contributed by atoms with E-state index in [0.29, 0.717) is 18.4 Å². The minimum absolute atomic E-state index is 0.200. The molecule has 0 saturated carbocycles. The zero-order chi connectivity index (χ0) is 10.8. The van der Waals surface area contributed by atoms with E-state index in [-0.39, 0.29) is 5.41 Å². The Morgan fingerprint density at radius 2 is 2.14 bits per heavy atom. The summed E-state index contributed by atoms with van der Waals surface area (Å²) in [7, 11) is 0. The summed E-state index contributed by atoms with van der Waals surface area (Å²) in [4.78, 5) is 14.0. The summed E-state index contributed by atoms with van der Waals surface area (Å²) in [5.74, 6) is 0.339. The number of nitrogens with zero attached hydrogens (tertiary/aromatic N) is 1. The van der Waals surface area contributed by atoms with Crippen molar-refractivity contribution < 1.29 is 4.79 Å². The van der Waals surface area contributed by atoms with Crippen molar-refractivity contribution in [1.29, 1.82) is 0 Å². The number of rotatable bonds is 2. The third kappa shape index (κ3) is 3.39. The Morgan fingerprint density at radius 1 is 1.50 bits per heavy atom. The molecule has 1 heterocycles. The molecule has 1 atom stereocenters. The molecule has 0 bridgehead atoms. The first-order chi connectivity index (χ1) is 6.39. The summed E-state index contributed by atoms with van der Waals surface area (Å²) in [5, 5.41) is 3.37. The molecule has 0 amide bonds. The Morgan fingerprint density at radius 3 is 2.64 bits per heavy atom. The van der Waals surface area contributed by atoms with Gasteiger partial charge in [-0.25, -0.2) is 0 Å². The molecule has 0 spiro atoms. The first-order valence-electron chi connectivity index (χ1n) is 5.38. The maximum absolute atomic E-state index is 11.8. The minimum Gasteiger partial charge on any atom is -0.312 e. The van der Waals surface area contributed by atoms with Gasteiger partial charge < -0.3 is 5.32 Å². The van der Waals surface area contributed by atoms with Crippen LogP contribution in [0.3, 0.4) is 0 Å². The number of carbonyl (C=O) groups excluding carboxylic acids is 1. The second kappa shape index (κ2) is 4.41. The van der Waals surface area contributed by atoms with Gasteiger partial charge in [-0.1, -0.05) is 20.8 Å². The van der Waals surface area contributed by atoms with Crippen LogP contribution in [0, 0.1) is 5.41 Å². The second-order valence-corrected chi connectivity index (χ2v) is 5.26. The van der Waals surface area contributed by atoms with Gasteiger partial charge in [-0.15, -0.1) is 0 Å².